The van der Waals surface area contributed by atoms with Gasteiger partial charge >= 0.3 is 24.4 Å². The van der Waals surface area contributed by atoms with Gasteiger partial charge in [0.2, 0.25) is 0 Å². The van der Waals surface area contributed by atoms with Gasteiger partial charge in [-0.2, -0.15) is 0 Å². The van der Waals surface area contributed by atoms with Crippen LogP contribution in [0.1, 0.15) is 43.2 Å². The van der Waals surface area contributed by atoms with Crippen LogP contribution in [0.15, 0.2) is 134 Å². The Morgan fingerprint density at radius 1 is 0.411 bits per heavy atom. The Kier molecular flexibility index (Phi) is 22.0. The largest absolute Gasteiger partial charge is 0.445 e. The molecule has 0 saturated carbocycles. The first-order valence-corrected chi connectivity index (χ1v) is 23.4. The van der Waals surface area contributed by atoms with E-state index in [1.165, 1.54) is 31.6 Å². The van der Waals surface area contributed by atoms with Gasteiger partial charge in [-0.1, -0.05) is 132 Å². The van der Waals surface area contributed by atoms with E-state index in [9.17, 15) is 28.8 Å². The number of carbonyl (C=O) groups excluding carboxylic acids is 6. The average molecular weight is 1000 g/mol. The maximum Gasteiger partial charge on any atom is 0.407 e. The molecule has 23 nitrogen and oxygen atoms in total. The molecule has 6 aromatic rings. The van der Waals surface area contributed by atoms with Gasteiger partial charge in [-0.05, 0) is 22.3 Å². The fourth-order valence-corrected chi connectivity index (χ4v) is 6.65. The summed E-state index contributed by atoms with van der Waals surface area (Å²) in [6.45, 7) is 1.62. The molecule has 6 amide bonds. The lowest BCUT2D eigenvalue weighted by Gasteiger charge is -2.22. The number of nitrogens with zero attached hydrogens (tertiary/aromatic N) is 8. The fraction of sp³-hybridized carbons (Fsp3) is 0.320. The van der Waals surface area contributed by atoms with Crippen LogP contribution < -0.4 is 21.3 Å². The second kappa shape index (κ2) is 30.0. The summed E-state index contributed by atoms with van der Waals surface area (Å²) in [7, 11) is 0. The summed E-state index contributed by atoms with van der Waals surface area (Å²) in [6, 6.07) is 36.8. The van der Waals surface area contributed by atoms with Gasteiger partial charge in [-0.25, -0.2) is 28.5 Å². The van der Waals surface area contributed by atoms with E-state index < -0.39 is 36.2 Å². The molecule has 0 spiro atoms. The summed E-state index contributed by atoms with van der Waals surface area (Å²) in [5, 5.41) is 26.8. The van der Waals surface area contributed by atoms with Crippen molar-refractivity contribution in [1.82, 2.24) is 61.1 Å². The highest BCUT2D eigenvalue weighted by Crippen LogP contribution is 2.07. The maximum atomic E-state index is 13.7. The second-order valence-corrected chi connectivity index (χ2v) is 15.9. The summed E-state index contributed by atoms with van der Waals surface area (Å²) in [6.07, 6.45) is 0.305. The van der Waals surface area contributed by atoms with Crippen molar-refractivity contribution >= 4 is 36.2 Å². The number of hydrogen-bond acceptors (Lipinski definition) is 15. The number of aromatic nitrogens is 6. The molecular weight excluding hydrogens is 945 g/mol. The smallest absolute Gasteiger partial charge is 0.407 e. The number of amides is 6. The van der Waals surface area contributed by atoms with E-state index in [1.54, 1.807) is 0 Å². The van der Waals surface area contributed by atoms with Crippen LogP contribution in [-0.4, -0.2) is 142 Å². The predicted octanol–water partition coefficient (Wildman–Crippen LogP) is 4.18. The highest BCUT2D eigenvalue weighted by molar-refractivity contribution is 5.92. The quantitative estimate of drug-likeness (QED) is 0.0397. The molecule has 0 atom stereocenters. The highest BCUT2D eigenvalue weighted by atomic mass is 16.6. The number of rotatable bonds is 28. The van der Waals surface area contributed by atoms with Gasteiger partial charge in [0.05, 0.1) is 38.7 Å². The Labute approximate surface area is 421 Å². The first-order chi connectivity index (χ1) is 35.7. The van der Waals surface area contributed by atoms with Crippen molar-refractivity contribution in [3.8, 4) is 0 Å². The van der Waals surface area contributed by atoms with E-state index in [2.05, 4.69) is 41.9 Å². The van der Waals surface area contributed by atoms with Crippen LogP contribution in [0.4, 0.5) is 19.2 Å². The molecule has 4 N–H and O–H groups in total. The van der Waals surface area contributed by atoms with E-state index >= 15 is 0 Å². The molecule has 2 heterocycles. The van der Waals surface area contributed by atoms with Gasteiger partial charge < -0.3 is 54.8 Å². The number of alkyl carbamates (subject to hydrolysis) is 4. The van der Waals surface area contributed by atoms with Crippen LogP contribution in [0.25, 0.3) is 0 Å². The fourth-order valence-electron chi connectivity index (χ4n) is 6.65. The third-order valence-corrected chi connectivity index (χ3v) is 10.5. The SMILES string of the molecule is O=C(NCCN(CCNC(=O)OCc1ccccc1)C(=O)c1cn(CCOCCn2cc(C(=O)N(CCNC(=O)OCc3ccccc3)CCNC(=O)OCc3ccccc3)nn2)nn1)OCc1ccccc1. The Bertz CT molecular complexity index is 2320. The van der Waals surface area contributed by atoms with Crippen molar-refractivity contribution < 1.29 is 52.5 Å². The lowest BCUT2D eigenvalue weighted by Crippen LogP contribution is -2.43. The Morgan fingerprint density at radius 3 is 0.959 bits per heavy atom. The summed E-state index contributed by atoms with van der Waals surface area (Å²) in [5.74, 6) is -0.979. The zero-order valence-corrected chi connectivity index (χ0v) is 40.1. The zero-order chi connectivity index (χ0) is 51.3. The van der Waals surface area contributed by atoms with Crippen molar-refractivity contribution in [1.29, 1.82) is 0 Å². The van der Waals surface area contributed by atoms with E-state index in [0.717, 1.165) is 22.3 Å². The summed E-state index contributed by atoms with van der Waals surface area (Å²) >= 11 is 0. The number of nitrogens with one attached hydrogen (secondary N) is 4. The van der Waals surface area contributed by atoms with Gasteiger partial charge in [-0.15, -0.1) is 10.2 Å². The third-order valence-electron chi connectivity index (χ3n) is 10.5. The number of ether oxygens (including phenoxy) is 5. The topological polar surface area (TPSA) is 265 Å². The third kappa shape index (κ3) is 19.8. The minimum absolute atomic E-state index is 0.0321. The number of benzene rings is 4. The van der Waals surface area contributed by atoms with Crippen molar-refractivity contribution in [2.24, 2.45) is 0 Å². The van der Waals surface area contributed by atoms with Crippen LogP contribution in [0, 0.1) is 0 Å². The number of hydrogen-bond donors (Lipinski definition) is 4. The van der Waals surface area contributed by atoms with Gasteiger partial charge in [0.1, 0.15) is 26.4 Å². The minimum atomic E-state index is -0.657. The molecule has 0 saturated heterocycles. The molecule has 0 radical (unpaired) electrons. The normalized spacial score (nSPS) is 10.6. The van der Waals surface area contributed by atoms with Gasteiger partial charge in [-0.3, -0.25) is 9.59 Å². The molecule has 0 aliphatic heterocycles. The molecule has 4 aromatic carbocycles. The summed E-state index contributed by atoms with van der Waals surface area (Å²) in [4.78, 5) is 79.8. The molecule has 0 unspecified atom stereocenters. The van der Waals surface area contributed by atoms with Gasteiger partial charge in [0.25, 0.3) is 11.8 Å². The van der Waals surface area contributed by atoms with Crippen LogP contribution in [-0.2, 0) is 63.2 Å². The summed E-state index contributed by atoms with van der Waals surface area (Å²) < 4.78 is 29.8. The van der Waals surface area contributed by atoms with Crippen molar-refractivity contribution in [3.63, 3.8) is 0 Å². The van der Waals surface area contributed by atoms with E-state index in [4.69, 9.17) is 23.7 Å². The molecule has 0 aliphatic rings. The van der Waals surface area contributed by atoms with E-state index in [-0.39, 0.29) is 116 Å². The molecule has 0 bridgehead atoms. The highest BCUT2D eigenvalue weighted by Gasteiger charge is 2.22. The predicted molar refractivity (Wildman–Crippen MR) is 261 cm³/mol. The zero-order valence-electron chi connectivity index (χ0n) is 40.1. The van der Waals surface area contributed by atoms with Crippen LogP contribution in [0.3, 0.4) is 0 Å². The average Bonchev–Trinajstić information content (AvgIpc) is 4.11. The molecule has 0 aliphatic carbocycles. The van der Waals surface area contributed by atoms with Crippen molar-refractivity contribution in [2.45, 2.75) is 39.5 Å². The Balaban J connectivity index is 0.943. The van der Waals surface area contributed by atoms with E-state index in [0.29, 0.717) is 0 Å². The lowest BCUT2D eigenvalue weighted by atomic mass is 10.2. The first kappa shape index (κ1) is 53.5. The standard InChI is InChI=1S/C50H58N12O11/c63-45(59(25-21-51-47(65)70-35-39-13-5-1-6-14-39)26-22-52-48(66)71-36-40-15-7-2-8-16-40)43-33-61(57-55-43)29-31-69-32-30-62-34-44(56-58-62)46(64)60(27-23-53-49(67)72-37-41-17-9-3-10-18-41)28-24-54-50(68)73-38-42-19-11-4-12-20-42/h1-20,33-34H,21-32,35-38H2,(H,51,65)(H,52,66)(H,53,67)(H,54,68). The molecule has 23 heteroatoms. The molecule has 73 heavy (non-hydrogen) atoms. The minimum Gasteiger partial charge on any atom is -0.445 e. The van der Waals surface area contributed by atoms with Gasteiger partial charge in [0, 0.05) is 52.4 Å². The first-order valence-electron chi connectivity index (χ1n) is 23.4. The Morgan fingerprint density at radius 2 is 0.685 bits per heavy atom. The molecule has 0 fully saturated rings. The number of carbonyl (C=O) groups is 6. The molecule has 6 rings (SSSR count). The molecule has 2 aromatic heterocycles. The van der Waals surface area contributed by atoms with Crippen molar-refractivity contribution in [2.75, 3.05) is 65.6 Å². The van der Waals surface area contributed by atoms with Crippen LogP contribution in [0.5, 0.6) is 0 Å². The van der Waals surface area contributed by atoms with Crippen molar-refractivity contribution in [3.05, 3.63) is 167 Å². The van der Waals surface area contributed by atoms with E-state index in [1.807, 2.05) is 121 Å². The van der Waals surface area contributed by atoms with Crippen LogP contribution in [0.2, 0.25) is 0 Å². The summed E-state index contributed by atoms with van der Waals surface area (Å²) in [5.41, 5.74) is 3.34. The molecular formula is C50H58N12O11. The Hall–Kier alpha value is -8.86. The molecule has 384 valence electrons. The maximum absolute atomic E-state index is 13.7. The van der Waals surface area contributed by atoms with Gasteiger partial charge in [0.15, 0.2) is 11.4 Å². The van der Waals surface area contributed by atoms with Crippen LogP contribution >= 0.6 is 0 Å². The lowest BCUT2D eigenvalue weighted by molar-refractivity contribution is 0.0740. The second-order valence-electron chi connectivity index (χ2n) is 15.9. The monoisotopic (exact) mass is 1000 g/mol.